The van der Waals surface area contributed by atoms with Crippen LogP contribution in [0, 0.1) is 0 Å². The Morgan fingerprint density at radius 2 is 1.62 bits per heavy atom. The van der Waals surface area contributed by atoms with Crippen molar-refractivity contribution < 1.29 is 9.53 Å². The van der Waals surface area contributed by atoms with Crippen LogP contribution in [0.25, 0.3) is 12.2 Å². The van der Waals surface area contributed by atoms with Crippen molar-refractivity contribution in [2.45, 2.75) is 0 Å². The van der Waals surface area contributed by atoms with Crippen molar-refractivity contribution in [2.75, 3.05) is 0 Å². The molecule has 0 bridgehead atoms. The molecule has 0 unspecified atom stereocenters. The molecule has 0 atom stereocenters. The zero-order valence-corrected chi connectivity index (χ0v) is 14.4. The van der Waals surface area contributed by atoms with E-state index in [1.165, 1.54) is 0 Å². The van der Waals surface area contributed by atoms with E-state index in [2.05, 4.69) is 4.99 Å². The summed E-state index contributed by atoms with van der Waals surface area (Å²) in [5, 5.41) is 1.61. The second-order valence-electron chi connectivity index (χ2n) is 4.92. The molecule has 1 heterocycles. The lowest BCUT2D eigenvalue weighted by Crippen LogP contribution is -2.01. The van der Waals surface area contributed by atoms with Gasteiger partial charge in [-0.1, -0.05) is 53.0 Å². The number of halogens is 3. The van der Waals surface area contributed by atoms with Crippen LogP contribution < -0.4 is 0 Å². The van der Waals surface area contributed by atoms with Crippen LogP contribution in [0.15, 0.2) is 59.2 Å². The van der Waals surface area contributed by atoms with Gasteiger partial charge >= 0.3 is 5.97 Å². The van der Waals surface area contributed by atoms with Crippen LogP contribution in [0.3, 0.4) is 0 Å². The third-order valence-corrected chi connectivity index (χ3v) is 3.99. The maximum Gasteiger partial charge on any atom is 0.363 e. The van der Waals surface area contributed by atoms with Crippen molar-refractivity contribution in [3.63, 3.8) is 0 Å². The number of carbonyl (C=O) groups is 1. The Bertz CT molecular complexity index is 884. The molecule has 0 radical (unpaired) electrons. The van der Waals surface area contributed by atoms with Gasteiger partial charge in [-0.05, 0) is 47.5 Å². The van der Waals surface area contributed by atoms with Crippen LogP contribution in [0.2, 0.25) is 15.1 Å². The fraction of sp³-hybridized carbons (Fsp3) is 0. The first-order valence-corrected chi connectivity index (χ1v) is 8.06. The standard InChI is InChI=1S/C18H10Cl3NO2/c19-13-5-1-11(2-6-13)3-8-17-22-16(18(23)24-17)9-12-4-7-14(20)10-15(12)21/h1-10H. The Balaban J connectivity index is 1.82. The average Bonchev–Trinajstić information content (AvgIpc) is 2.89. The highest BCUT2D eigenvalue weighted by molar-refractivity contribution is 6.35. The highest BCUT2D eigenvalue weighted by Gasteiger charge is 2.21. The third kappa shape index (κ3) is 4.06. The van der Waals surface area contributed by atoms with Gasteiger partial charge in [0.15, 0.2) is 5.70 Å². The predicted molar refractivity (Wildman–Crippen MR) is 98.5 cm³/mol. The number of cyclic esters (lactones) is 1. The largest absolute Gasteiger partial charge is 0.403 e. The summed E-state index contributed by atoms with van der Waals surface area (Å²) in [7, 11) is 0. The Kier molecular flexibility index (Phi) is 5.05. The quantitative estimate of drug-likeness (QED) is 0.511. The predicted octanol–water partition coefficient (Wildman–Crippen LogP) is 5.66. The normalized spacial score (nSPS) is 15.9. The van der Waals surface area contributed by atoms with Gasteiger partial charge in [-0.15, -0.1) is 0 Å². The third-order valence-electron chi connectivity index (χ3n) is 3.18. The van der Waals surface area contributed by atoms with Crippen LogP contribution in [0.5, 0.6) is 0 Å². The van der Waals surface area contributed by atoms with Crippen LogP contribution in [-0.4, -0.2) is 11.9 Å². The Morgan fingerprint density at radius 1 is 0.917 bits per heavy atom. The number of rotatable bonds is 3. The molecule has 1 aliphatic rings. The van der Waals surface area contributed by atoms with E-state index in [0.717, 1.165) is 5.56 Å². The van der Waals surface area contributed by atoms with Gasteiger partial charge in [0, 0.05) is 21.1 Å². The average molecular weight is 379 g/mol. The lowest BCUT2D eigenvalue weighted by Gasteiger charge is -1.98. The SMILES string of the molecule is O=C1OC(C=Cc2ccc(Cl)cc2)=NC1=Cc1ccc(Cl)cc1Cl. The molecule has 0 spiro atoms. The van der Waals surface area contributed by atoms with Gasteiger partial charge < -0.3 is 4.74 Å². The second kappa shape index (κ2) is 7.22. The molecule has 0 N–H and O–H groups in total. The number of ether oxygens (including phenoxy) is 1. The van der Waals surface area contributed by atoms with E-state index in [9.17, 15) is 4.79 Å². The van der Waals surface area contributed by atoms with Crippen molar-refractivity contribution in [1.29, 1.82) is 0 Å². The van der Waals surface area contributed by atoms with E-state index in [0.29, 0.717) is 20.6 Å². The molecular formula is C18H10Cl3NO2. The molecule has 0 saturated heterocycles. The van der Waals surface area contributed by atoms with Gasteiger partial charge in [0.25, 0.3) is 0 Å². The van der Waals surface area contributed by atoms with Gasteiger partial charge in [-0.25, -0.2) is 9.79 Å². The minimum absolute atomic E-state index is 0.176. The minimum atomic E-state index is -0.531. The summed E-state index contributed by atoms with van der Waals surface area (Å²) in [5.41, 5.74) is 1.73. The van der Waals surface area contributed by atoms with E-state index in [1.807, 2.05) is 12.1 Å². The zero-order chi connectivity index (χ0) is 17.1. The number of benzene rings is 2. The maximum absolute atomic E-state index is 11.9. The summed E-state index contributed by atoms with van der Waals surface area (Å²) in [4.78, 5) is 16.1. The number of aliphatic imine (C=N–C) groups is 1. The van der Waals surface area contributed by atoms with Crippen molar-refractivity contribution in [3.05, 3.63) is 80.4 Å². The smallest absolute Gasteiger partial charge is 0.363 e. The zero-order valence-electron chi connectivity index (χ0n) is 12.2. The molecule has 0 aliphatic carbocycles. The Hall–Kier alpha value is -2.07. The molecule has 120 valence electrons. The van der Waals surface area contributed by atoms with Gasteiger partial charge in [-0.3, -0.25) is 0 Å². The number of hydrogen-bond donors (Lipinski definition) is 0. The second-order valence-corrected chi connectivity index (χ2v) is 6.20. The Labute approximate surface area is 153 Å². The number of carbonyl (C=O) groups excluding carboxylic acids is 1. The van der Waals surface area contributed by atoms with Crippen LogP contribution in [-0.2, 0) is 9.53 Å². The molecule has 2 aromatic rings. The minimum Gasteiger partial charge on any atom is -0.403 e. The van der Waals surface area contributed by atoms with Crippen LogP contribution in [0.4, 0.5) is 0 Å². The fourth-order valence-corrected chi connectivity index (χ4v) is 2.59. The lowest BCUT2D eigenvalue weighted by atomic mass is 10.2. The van der Waals surface area contributed by atoms with E-state index >= 15 is 0 Å². The lowest BCUT2D eigenvalue weighted by molar-refractivity contribution is -0.129. The van der Waals surface area contributed by atoms with Gasteiger partial charge in [-0.2, -0.15) is 0 Å². The van der Waals surface area contributed by atoms with Crippen molar-refractivity contribution >= 4 is 58.8 Å². The molecule has 3 nitrogen and oxygen atoms in total. The monoisotopic (exact) mass is 377 g/mol. The van der Waals surface area contributed by atoms with Crippen molar-refractivity contribution in [3.8, 4) is 0 Å². The van der Waals surface area contributed by atoms with Crippen LogP contribution in [0.1, 0.15) is 11.1 Å². The first-order chi connectivity index (χ1) is 11.5. The van der Waals surface area contributed by atoms with Crippen molar-refractivity contribution in [2.24, 2.45) is 4.99 Å². The van der Waals surface area contributed by atoms with Gasteiger partial charge in [0.1, 0.15) is 0 Å². The molecule has 1 aliphatic heterocycles. The molecule has 0 saturated carbocycles. The summed E-state index contributed by atoms with van der Waals surface area (Å²) in [6.45, 7) is 0. The summed E-state index contributed by atoms with van der Waals surface area (Å²) in [6.07, 6.45) is 4.95. The molecule has 0 amide bonds. The molecule has 2 aromatic carbocycles. The number of esters is 1. The molecule has 0 fully saturated rings. The summed E-state index contributed by atoms with van der Waals surface area (Å²) >= 11 is 17.8. The topological polar surface area (TPSA) is 38.7 Å². The molecule has 3 rings (SSSR count). The molecular weight excluding hydrogens is 369 g/mol. The molecule has 0 aromatic heterocycles. The Morgan fingerprint density at radius 3 is 2.33 bits per heavy atom. The van der Waals surface area contributed by atoms with E-state index in [-0.39, 0.29) is 11.6 Å². The van der Waals surface area contributed by atoms with Crippen molar-refractivity contribution in [1.82, 2.24) is 0 Å². The van der Waals surface area contributed by atoms with E-state index in [1.54, 1.807) is 48.6 Å². The van der Waals surface area contributed by atoms with Crippen LogP contribution >= 0.6 is 34.8 Å². The summed E-state index contributed by atoms with van der Waals surface area (Å²) < 4.78 is 5.12. The maximum atomic E-state index is 11.9. The highest BCUT2D eigenvalue weighted by Crippen LogP contribution is 2.25. The first kappa shape index (κ1) is 16.8. The summed E-state index contributed by atoms with van der Waals surface area (Å²) in [6, 6.07) is 12.2. The molecule has 6 heteroatoms. The fourth-order valence-electron chi connectivity index (χ4n) is 2.00. The van der Waals surface area contributed by atoms with E-state index < -0.39 is 5.97 Å². The highest BCUT2D eigenvalue weighted by atomic mass is 35.5. The van der Waals surface area contributed by atoms with Gasteiger partial charge in [0.05, 0.1) is 0 Å². The summed E-state index contributed by atoms with van der Waals surface area (Å²) in [5.74, 6) is -0.317. The molecule has 24 heavy (non-hydrogen) atoms. The number of hydrogen-bond acceptors (Lipinski definition) is 3. The van der Waals surface area contributed by atoms with E-state index in [4.69, 9.17) is 39.5 Å². The number of nitrogens with zero attached hydrogens (tertiary/aromatic N) is 1. The first-order valence-electron chi connectivity index (χ1n) is 6.92. The van der Waals surface area contributed by atoms with Gasteiger partial charge in [0.2, 0.25) is 5.90 Å².